The first kappa shape index (κ1) is 30.5. The number of hydrogen-bond acceptors (Lipinski definition) is 7. The Morgan fingerprint density at radius 3 is 1.89 bits per heavy atom. The van der Waals surface area contributed by atoms with E-state index in [1.807, 2.05) is 60.2 Å². The van der Waals surface area contributed by atoms with E-state index in [1.54, 1.807) is 6.82 Å². The molecule has 2 unspecified atom stereocenters. The fraction of sp³-hybridized carbons (Fsp3) is 0.556. The van der Waals surface area contributed by atoms with E-state index in [1.165, 1.54) is 29.1 Å². The molecule has 2 aromatic rings. The number of nitrogens with zero attached hydrogens (tertiary/aromatic N) is 3. The van der Waals surface area contributed by atoms with Gasteiger partial charge in [0.05, 0.1) is 11.9 Å². The van der Waals surface area contributed by atoms with Gasteiger partial charge in [0, 0.05) is 18.8 Å². The summed E-state index contributed by atoms with van der Waals surface area (Å²) in [7, 11) is -4.09. The number of benzene rings is 2. The average Bonchev–Trinajstić information content (AvgIpc) is 2.92. The first-order valence-corrected chi connectivity index (χ1v) is 15.6. The van der Waals surface area contributed by atoms with E-state index in [2.05, 4.69) is 22.3 Å². The van der Waals surface area contributed by atoms with Gasteiger partial charge in [0.15, 0.2) is 0 Å². The standard InChI is InChI=1S/C14H23BN2O3S.C13H21BN2O/c1-15(18)16-10-6-7-13(11-16)12-17(21(2,19)20)14-8-4-3-5-9-14;1-14(17)16-9-5-6-12(11-16)10-15-13-7-3-2-4-8-13/h3-5,8-9,13,18H,6-7,10-12H2,1-2H3;2-4,7-8,12,15,17H,5-6,9-11H2,1H3. The zero-order chi connectivity index (χ0) is 27.5. The van der Waals surface area contributed by atoms with E-state index in [0.717, 1.165) is 45.6 Å². The molecule has 38 heavy (non-hydrogen) atoms. The predicted octanol–water partition coefficient (Wildman–Crippen LogP) is 3.20. The Morgan fingerprint density at radius 1 is 0.868 bits per heavy atom. The number of sulfonamides is 1. The van der Waals surface area contributed by atoms with E-state index in [0.29, 0.717) is 18.2 Å². The van der Waals surface area contributed by atoms with Gasteiger partial charge in [-0.1, -0.05) is 36.4 Å². The molecule has 2 fully saturated rings. The predicted molar refractivity (Wildman–Crippen MR) is 160 cm³/mol. The zero-order valence-electron chi connectivity index (χ0n) is 23.1. The molecule has 208 valence electrons. The Morgan fingerprint density at radius 2 is 1.37 bits per heavy atom. The van der Waals surface area contributed by atoms with Crippen molar-refractivity contribution in [2.24, 2.45) is 11.8 Å². The lowest BCUT2D eigenvalue weighted by Crippen LogP contribution is -2.47. The number of hydrogen-bond donors (Lipinski definition) is 3. The highest BCUT2D eigenvalue weighted by atomic mass is 32.2. The maximum absolute atomic E-state index is 12.1. The summed E-state index contributed by atoms with van der Waals surface area (Å²) in [6, 6.07) is 19.5. The van der Waals surface area contributed by atoms with Crippen molar-refractivity contribution in [3.8, 4) is 0 Å². The van der Waals surface area contributed by atoms with Gasteiger partial charge in [-0.15, -0.1) is 0 Å². The molecule has 11 heteroatoms. The van der Waals surface area contributed by atoms with E-state index < -0.39 is 17.1 Å². The molecule has 3 N–H and O–H groups in total. The van der Waals surface area contributed by atoms with Crippen molar-refractivity contribution in [3.63, 3.8) is 0 Å². The van der Waals surface area contributed by atoms with Crippen molar-refractivity contribution in [3.05, 3.63) is 60.7 Å². The highest BCUT2D eigenvalue weighted by molar-refractivity contribution is 7.92. The van der Waals surface area contributed by atoms with Gasteiger partial charge >= 0.3 is 14.1 Å². The summed E-state index contributed by atoms with van der Waals surface area (Å²) >= 11 is 0. The zero-order valence-corrected chi connectivity index (χ0v) is 23.9. The summed E-state index contributed by atoms with van der Waals surface area (Å²) in [5.41, 5.74) is 1.89. The maximum Gasteiger partial charge on any atom is 0.376 e. The van der Waals surface area contributed by atoms with E-state index in [4.69, 9.17) is 0 Å². The molecule has 0 saturated carbocycles. The minimum atomic E-state index is -3.30. The van der Waals surface area contributed by atoms with Gasteiger partial charge in [0.2, 0.25) is 10.0 Å². The van der Waals surface area contributed by atoms with Crippen LogP contribution >= 0.6 is 0 Å². The van der Waals surface area contributed by atoms with Crippen molar-refractivity contribution < 1.29 is 18.5 Å². The Bertz CT molecular complexity index is 1050. The number of nitrogens with one attached hydrogen (secondary N) is 1. The molecular formula is C27H44B2N4O4S. The largest absolute Gasteiger partial charge is 0.437 e. The molecule has 0 aromatic heterocycles. The summed E-state index contributed by atoms with van der Waals surface area (Å²) in [5.74, 6) is 0.877. The highest BCUT2D eigenvalue weighted by Gasteiger charge is 2.29. The quantitative estimate of drug-likeness (QED) is 0.419. The Labute approximate surface area is 230 Å². The average molecular weight is 542 g/mol. The van der Waals surface area contributed by atoms with Gasteiger partial charge in [-0.25, -0.2) is 8.42 Å². The van der Waals surface area contributed by atoms with Crippen LogP contribution in [0, 0.1) is 11.8 Å². The summed E-state index contributed by atoms with van der Waals surface area (Å²) in [4.78, 5) is 4.15. The van der Waals surface area contributed by atoms with Gasteiger partial charge in [-0.3, -0.25) is 4.31 Å². The second-order valence-electron chi connectivity index (χ2n) is 10.6. The van der Waals surface area contributed by atoms with Crippen LogP contribution in [0.4, 0.5) is 11.4 Å². The first-order valence-electron chi connectivity index (χ1n) is 13.8. The van der Waals surface area contributed by atoms with Gasteiger partial charge in [-0.05, 0) is 102 Å². The number of piperidine rings is 2. The van der Waals surface area contributed by atoms with Crippen LogP contribution in [0.2, 0.25) is 13.6 Å². The van der Waals surface area contributed by atoms with Crippen molar-refractivity contribution >= 4 is 35.5 Å². The molecule has 0 bridgehead atoms. The van der Waals surface area contributed by atoms with Gasteiger partial charge in [0.1, 0.15) is 0 Å². The second kappa shape index (κ2) is 14.9. The minimum absolute atomic E-state index is 0.239. The fourth-order valence-corrected chi connectivity index (χ4v) is 6.25. The van der Waals surface area contributed by atoms with Crippen LogP contribution in [0.1, 0.15) is 25.7 Å². The molecule has 4 rings (SSSR count). The minimum Gasteiger partial charge on any atom is -0.437 e. The molecule has 8 nitrogen and oxygen atoms in total. The maximum atomic E-state index is 12.1. The number of anilines is 2. The lowest BCUT2D eigenvalue weighted by molar-refractivity contribution is 0.247. The van der Waals surface area contributed by atoms with Crippen LogP contribution in [0.15, 0.2) is 60.7 Å². The van der Waals surface area contributed by atoms with E-state index in [9.17, 15) is 18.5 Å². The summed E-state index contributed by atoms with van der Waals surface area (Å²) in [6.45, 7) is 8.70. The van der Waals surface area contributed by atoms with Crippen LogP contribution in [0.5, 0.6) is 0 Å². The molecule has 0 radical (unpaired) electrons. The number of rotatable bonds is 9. The molecular weight excluding hydrogens is 498 g/mol. The fourth-order valence-electron chi connectivity index (χ4n) is 5.27. The number of para-hydroxylation sites is 2. The third kappa shape index (κ3) is 9.93. The van der Waals surface area contributed by atoms with Crippen LogP contribution in [-0.4, -0.2) is 87.7 Å². The van der Waals surface area contributed by atoms with E-state index in [-0.39, 0.29) is 13.0 Å². The summed E-state index contributed by atoms with van der Waals surface area (Å²) in [5, 5.41) is 22.8. The lowest BCUT2D eigenvalue weighted by atomic mass is 9.80. The molecule has 2 aliphatic heterocycles. The third-order valence-corrected chi connectivity index (χ3v) is 8.56. The molecule has 2 saturated heterocycles. The Kier molecular flexibility index (Phi) is 12.0. The van der Waals surface area contributed by atoms with Gasteiger partial charge in [-0.2, -0.15) is 0 Å². The molecule has 0 spiro atoms. The molecule has 2 aliphatic rings. The van der Waals surface area contributed by atoms with Crippen LogP contribution in [0.3, 0.4) is 0 Å². The van der Waals surface area contributed by atoms with Crippen LogP contribution in [0.25, 0.3) is 0 Å². The van der Waals surface area contributed by atoms with Gasteiger partial charge in [0.25, 0.3) is 0 Å². The summed E-state index contributed by atoms with van der Waals surface area (Å²) < 4.78 is 25.6. The monoisotopic (exact) mass is 542 g/mol. The highest BCUT2D eigenvalue weighted by Crippen LogP contribution is 2.24. The second-order valence-corrected chi connectivity index (χ2v) is 12.6. The summed E-state index contributed by atoms with van der Waals surface area (Å²) in [6.07, 6.45) is 5.66. The Balaban J connectivity index is 0.000000215. The first-order chi connectivity index (χ1) is 18.1. The van der Waals surface area contributed by atoms with Crippen molar-refractivity contribution in [2.75, 3.05) is 55.1 Å². The molecule has 0 aliphatic carbocycles. The van der Waals surface area contributed by atoms with Crippen molar-refractivity contribution in [2.45, 2.75) is 39.3 Å². The SMILES string of the molecule is CB(O)N1CCCC(CN(c2ccccc2)S(C)(=O)=O)C1.CB(O)N1CCCC(CNc2ccccc2)C1. The van der Waals surface area contributed by atoms with Crippen LogP contribution in [-0.2, 0) is 10.0 Å². The smallest absolute Gasteiger partial charge is 0.376 e. The molecule has 2 atom stereocenters. The lowest BCUT2D eigenvalue weighted by Gasteiger charge is -2.36. The molecule has 0 amide bonds. The molecule has 2 aromatic carbocycles. The van der Waals surface area contributed by atoms with Crippen molar-refractivity contribution in [1.82, 2.24) is 9.62 Å². The van der Waals surface area contributed by atoms with E-state index >= 15 is 0 Å². The topological polar surface area (TPSA) is 96.3 Å². The Hall–Kier alpha value is -2.04. The molecule has 2 heterocycles. The van der Waals surface area contributed by atoms with Crippen molar-refractivity contribution in [1.29, 1.82) is 0 Å². The normalized spacial score (nSPS) is 20.7. The van der Waals surface area contributed by atoms with Gasteiger partial charge < -0.3 is 25.0 Å². The van der Waals surface area contributed by atoms with Crippen LogP contribution < -0.4 is 9.62 Å². The third-order valence-electron chi connectivity index (χ3n) is 7.39.